The molecular weight excluding hydrogens is 683 g/mol. The topological polar surface area (TPSA) is 159 Å². The highest BCUT2D eigenvalue weighted by Gasteiger charge is 2.43. The number of likely N-dealkylation sites (N-methyl/N-ethyl adjacent to an activating group) is 1. The van der Waals surface area contributed by atoms with E-state index in [1.54, 1.807) is 36.7 Å². The molecule has 4 aromatic rings. The van der Waals surface area contributed by atoms with Crippen molar-refractivity contribution in [2.24, 2.45) is 0 Å². The Morgan fingerprint density at radius 1 is 0.944 bits per heavy atom. The highest BCUT2D eigenvalue weighted by molar-refractivity contribution is 6.06. The molecular formula is C42H47N7O5. The lowest BCUT2D eigenvalue weighted by Gasteiger charge is -2.29. The molecule has 4 N–H and O–H groups in total. The Balaban J connectivity index is 1.23. The van der Waals surface area contributed by atoms with Crippen LogP contribution in [0.15, 0.2) is 66.5 Å². The van der Waals surface area contributed by atoms with Crippen LogP contribution in [0, 0.1) is 0 Å². The van der Waals surface area contributed by atoms with Crippen LogP contribution < -0.4 is 16.0 Å². The minimum atomic E-state index is -1.09. The SMILES string of the molecule is CN(C)CCNC(=O)C1=Cc2nccnc2-c2c(C3CCCCC3)c3ccc(C(=O)NC4(C(=O)Nc5ccc(/C=C/C(=O)O)cc5)CCCC4)cc3n2C1. The van der Waals surface area contributed by atoms with Gasteiger partial charge in [-0.05, 0) is 93.2 Å². The van der Waals surface area contributed by atoms with Gasteiger partial charge in [0.05, 0.1) is 17.9 Å². The average molecular weight is 730 g/mol. The minimum absolute atomic E-state index is 0.170. The summed E-state index contributed by atoms with van der Waals surface area (Å²) in [7, 11) is 3.93. The number of amides is 3. The summed E-state index contributed by atoms with van der Waals surface area (Å²) >= 11 is 0. The lowest BCUT2D eigenvalue weighted by molar-refractivity contribution is -0.131. The zero-order chi connectivity index (χ0) is 37.8. The van der Waals surface area contributed by atoms with Gasteiger partial charge in [0.2, 0.25) is 11.8 Å². The number of anilines is 1. The number of nitrogens with zero attached hydrogens (tertiary/aromatic N) is 4. The van der Waals surface area contributed by atoms with Crippen LogP contribution >= 0.6 is 0 Å². The smallest absolute Gasteiger partial charge is 0.328 e. The summed E-state index contributed by atoms with van der Waals surface area (Å²) in [5, 5.41) is 19.1. The highest BCUT2D eigenvalue weighted by atomic mass is 16.4. The van der Waals surface area contributed by atoms with E-state index in [9.17, 15) is 19.2 Å². The predicted molar refractivity (Wildman–Crippen MR) is 209 cm³/mol. The van der Waals surface area contributed by atoms with E-state index in [1.807, 2.05) is 43.3 Å². The number of aromatic nitrogens is 3. The summed E-state index contributed by atoms with van der Waals surface area (Å²) in [4.78, 5) is 64.2. The molecule has 2 aromatic heterocycles. The van der Waals surface area contributed by atoms with Gasteiger partial charge in [-0.25, -0.2) is 4.79 Å². The molecule has 0 radical (unpaired) electrons. The zero-order valence-corrected chi connectivity index (χ0v) is 30.9. The Kier molecular flexibility index (Phi) is 10.7. The summed E-state index contributed by atoms with van der Waals surface area (Å²) in [5.41, 5.74) is 5.48. The molecule has 54 heavy (non-hydrogen) atoms. The van der Waals surface area contributed by atoms with Crippen LogP contribution in [0.4, 0.5) is 5.69 Å². The Morgan fingerprint density at radius 2 is 1.69 bits per heavy atom. The molecule has 2 fully saturated rings. The molecule has 3 amide bonds. The lowest BCUT2D eigenvalue weighted by atomic mass is 9.82. The fourth-order valence-corrected chi connectivity index (χ4v) is 8.18. The predicted octanol–water partition coefficient (Wildman–Crippen LogP) is 6.00. The first-order valence-electron chi connectivity index (χ1n) is 18.9. The molecule has 0 bridgehead atoms. The maximum atomic E-state index is 14.2. The number of hydrogen-bond acceptors (Lipinski definition) is 7. The third-order valence-electron chi connectivity index (χ3n) is 10.9. The van der Waals surface area contributed by atoms with Crippen LogP contribution in [0.2, 0.25) is 0 Å². The van der Waals surface area contributed by atoms with E-state index in [2.05, 4.69) is 25.5 Å². The molecule has 0 unspecified atom stereocenters. The average Bonchev–Trinajstić information content (AvgIpc) is 3.72. The third-order valence-corrected chi connectivity index (χ3v) is 10.9. The second-order valence-corrected chi connectivity index (χ2v) is 14.9. The molecule has 3 aliphatic rings. The zero-order valence-electron chi connectivity index (χ0n) is 30.9. The van der Waals surface area contributed by atoms with E-state index in [4.69, 9.17) is 10.1 Å². The van der Waals surface area contributed by atoms with E-state index in [1.165, 1.54) is 18.1 Å². The molecule has 2 aromatic carbocycles. The number of rotatable bonds is 11. The van der Waals surface area contributed by atoms with E-state index in [-0.39, 0.29) is 24.3 Å². The van der Waals surface area contributed by atoms with Crippen LogP contribution in [0.5, 0.6) is 0 Å². The Bertz CT molecular complexity index is 2140. The number of carbonyl (C=O) groups excluding carboxylic acids is 3. The third kappa shape index (κ3) is 7.70. The van der Waals surface area contributed by atoms with Gasteiger partial charge in [-0.3, -0.25) is 24.4 Å². The first-order chi connectivity index (χ1) is 26.1. The number of fused-ring (bicyclic) bond motifs is 5. The quantitative estimate of drug-likeness (QED) is 0.137. The van der Waals surface area contributed by atoms with Gasteiger partial charge in [0.1, 0.15) is 11.2 Å². The molecule has 12 nitrogen and oxygen atoms in total. The lowest BCUT2D eigenvalue weighted by Crippen LogP contribution is -2.55. The number of aliphatic carboxylic acids is 1. The van der Waals surface area contributed by atoms with Crippen molar-refractivity contribution in [1.29, 1.82) is 0 Å². The molecule has 3 heterocycles. The first kappa shape index (κ1) is 36.7. The fraction of sp³-hybridized carbons (Fsp3) is 0.381. The standard InChI is InChI=1S/C42H47N7O5/c1-48(2)23-22-45-39(52)30-24-33-37(44-21-20-43-33)38-36(28-8-4-3-5-9-28)32-16-13-29(25-34(32)49(38)26-30)40(53)47-42(18-6-7-19-42)41(54)46-31-14-10-27(11-15-31)12-17-35(50)51/h10-17,20-21,24-25,28H,3-9,18-19,22-23,26H2,1-2H3,(H,45,52)(H,46,54)(H,47,53)(H,50,51)/b17-12+. The molecule has 7 rings (SSSR count). The van der Waals surface area contributed by atoms with Gasteiger partial charge < -0.3 is 30.5 Å². The van der Waals surface area contributed by atoms with Crippen molar-refractivity contribution in [3.8, 4) is 11.4 Å². The second kappa shape index (κ2) is 15.8. The van der Waals surface area contributed by atoms with E-state index < -0.39 is 11.5 Å². The van der Waals surface area contributed by atoms with Crippen LogP contribution in [-0.4, -0.2) is 81.0 Å². The van der Waals surface area contributed by atoms with Crippen molar-refractivity contribution in [2.75, 3.05) is 32.5 Å². The summed E-state index contributed by atoms with van der Waals surface area (Å²) in [6, 6.07) is 12.6. The Morgan fingerprint density at radius 3 is 2.41 bits per heavy atom. The minimum Gasteiger partial charge on any atom is -0.478 e. The van der Waals surface area contributed by atoms with Crippen molar-refractivity contribution in [3.63, 3.8) is 0 Å². The normalized spacial score (nSPS) is 16.8. The van der Waals surface area contributed by atoms with Gasteiger partial charge in [-0.1, -0.05) is 50.3 Å². The maximum Gasteiger partial charge on any atom is 0.328 e. The van der Waals surface area contributed by atoms with Gasteiger partial charge in [0.15, 0.2) is 0 Å². The number of carbonyl (C=O) groups is 4. The molecule has 280 valence electrons. The number of carboxylic acids is 1. The number of benzene rings is 2. The van der Waals surface area contributed by atoms with Crippen LogP contribution in [-0.2, 0) is 20.9 Å². The largest absolute Gasteiger partial charge is 0.478 e. The van der Waals surface area contributed by atoms with Crippen molar-refractivity contribution < 1.29 is 24.3 Å². The maximum absolute atomic E-state index is 14.2. The molecule has 0 saturated heterocycles. The van der Waals surface area contributed by atoms with E-state index in [0.29, 0.717) is 59.9 Å². The Hall–Kier alpha value is -5.62. The monoisotopic (exact) mass is 729 g/mol. The highest BCUT2D eigenvalue weighted by Crippen LogP contribution is 2.46. The fourth-order valence-electron chi connectivity index (χ4n) is 8.18. The molecule has 2 aliphatic carbocycles. The van der Waals surface area contributed by atoms with Crippen molar-refractivity contribution in [1.82, 2.24) is 30.1 Å². The molecule has 0 atom stereocenters. The molecule has 12 heteroatoms. The van der Waals surface area contributed by atoms with E-state index in [0.717, 1.165) is 66.9 Å². The Labute approximate surface area is 314 Å². The summed E-state index contributed by atoms with van der Waals surface area (Å²) in [6.07, 6.45) is 15.9. The van der Waals surface area contributed by atoms with Crippen LogP contribution in [0.25, 0.3) is 34.4 Å². The van der Waals surface area contributed by atoms with E-state index >= 15 is 0 Å². The van der Waals surface area contributed by atoms with Gasteiger partial charge in [0.25, 0.3) is 5.91 Å². The van der Waals surface area contributed by atoms with Crippen molar-refractivity contribution in [2.45, 2.75) is 75.8 Å². The second-order valence-electron chi connectivity index (χ2n) is 14.9. The number of hydrogen-bond donors (Lipinski definition) is 4. The van der Waals surface area contributed by atoms with Crippen LogP contribution in [0.1, 0.15) is 90.9 Å². The number of carboxylic acid groups (broad SMARTS) is 1. The van der Waals surface area contributed by atoms with Gasteiger partial charge >= 0.3 is 5.97 Å². The van der Waals surface area contributed by atoms with Gasteiger partial charge in [0, 0.05) is 59.3 Å². The van der Waals surface area contributed by atoms with Crippen molar-refractivity contribution >= 4 is 52.4 Å². The molecule has 1 aliphatic heterocycles. The van der Waals surface area contributed by atoms with Gasteiger partial charge in [-0.2, -0.15) is 0 Å². The van der Waals surface area contributed by atoms with Crippen LogP contribution in [0.3, 0.4) is 0 Å². The molecule has 0 spiro atoms. The first-order valence-corrected chi connectivity index (χ1v) is 18.9. The number of nitrogens with one attached hydrogen (secondary N) is 3. The summed E-state index contributed by atoms with van der Waals surface area (Å²) < 4.78 is 2.14. The molecule has 2 saturated carbocycles. The van der Waals surface area contributed by atoms with Crippen molar-refractivity contribution in [3.05, 3.63) is 88.9 Å². The summed E-state index contributed by atoms with van der Waals surface area (Å²) in [6.45, 7) is 1.49. The summed E-state index contributed by atoms with van der Waals surface area (Å²) in [5.74, 6) is -1.54. The van der Waals surface area contributed by atoms with Gasteiger partial charge in [-0.15, -0.1) is 0 Å².